The van der Waals surface area contributed by atoms with E-state index in [1.807, 2.05) is 18.2 Å². The molecular weight excluding hydrogens is 214 g/mol. The van der Waals surface area contributed by atoms with Gasteiger partial charge in [0.2, 0.25) is 0 Å². The molecule has 0 aromatic heterocycles. The number of hydrogen-bond donors (Lipinski definition) is 1. The molecule has 0 aliphatic carbocycles. The first-order valence-electron chi connectivity index (χ1n) is 6.13. The highest BCUT2D eigenvalue weighted by Gasteiger charge is 2.02. The number of carboxylic acids is 1. The van der Waals surface area contributed by atoms with Crippen LogP contribution >= 0.6 is 0 Å². The van der Waals surface area contributed by atoms with Gasteiger partial charge in [-0.15, -0.1) is 0 Å². The number of carboxylic acid groups (broad SMARTS) is 1. The van der Waals surface area contributed by atoms with Gasteiger partial charge < -0.3 is 10.0 Å². The summed E-state index contributed by atoms with van der Waals surface area (Å²) in [6.45, 7) is 2.64. The van der Waals surface area contributed by atoms with E-state index in [0.717, 1.165) is 5.56 Å². The van der Waals surface area contributed by atoms with Gasteiger partial charge in [0, 0.05) is 0 Å². The summed E-state index contributed by atoms with van der Waals surface area (Å²) in [6, 6.07) is 9.13. The summed E-state index contributed by atoms with van der Waals surface area (Å²) in [6.07, 6.45) is 4.39. The van der Waals surface area contributed by atoms with E-state index < -0.39 is 5.97 Å². The van der Waals surface area contributed by atoms with Gasteiger partial charge >= 0.3 is 5.97 Å². The van der Waals surface area contributed by atoms with Gasteiger partial charge in [0.15, 0.2) is 0 Å². The minimum absolute atomic E-state index is 0.112. The predicted molar refractivity (Wildman–Crippen MR) is 69.1 cm³/mol. The van der Waals surface area contributed by atoms with Crippen LogP contribution in [0.1, 0.15) is 24.8 Å². The van der Waals surface area contributed by atoms with Crippen molar-refractivity contribution in [2.24, 2.45) is 0 Å². The van der Waals surface area contributed by atoms with Crippen LogP contribution in [0, 0.1) is 0 Å². The van der Waals surface area contributed by atoms with Gasteiger partial charge in [-0.25, -0.2) is 0 Å². The summed E-state index contributed by atoms with van der Waals surface area (Å²) in [5.41, 5.74) is 0.843. The lowest BCUT2D eigenvalue weighted by molar-refractivity contribution is -0.136. The van der Waals surface area contributed by atoms with E-state index in [9.17, 15) is 4.79 Å². The molecule has 0 radical (unpaired) electrons. The number of piperidine rings is 1. The van der Waals surface area contributed by atoms with Gasteiger partial charge in [-0.1, -0.05) is 36.8 Å². The summed E-state index contributed by atoms with van der Waals surface area (Å²) in [4.78, 5) is 12.6. The zero-order valence-electron chi connectivity index (χ0n) is 10.4. The van der Waals surface area contributed by atoms with Crippen LogP contribution in [0.5, 0.6) is 0 Å². The molecule has 1 aromatic carbocycles. The number of carbonyl (C=O) groups is 1. The van der Waals surface area contributed by atoms with Crippen LogP contribution in [0.15, 0.2) is 30.3 Å². The second kappa shape index (κ2) is 7.85. The van der Waals surface area contributed by atoms with Gasteiger partial charge in [-0.3, -0.25) is 4.79 Å². The third kappa shape index (κ3) is 6.74. The molecule has 3 heteroatoms. The van der Waals surface area contributed by atoms with Crippen molar-refractivity contribution in [3.05, 3.63) is 35.9 Å². The first-order valence-corrected chi connectivity index (χ1v) is 6.13. The Balaban J connectivity index is 0.000000181. The molecule has 1 saturated heterocycles. The predicted octanol–water partition coefficient (Wildman–Crippen LogP) is 2.42. The number of aliphatic carboxylic acids is 1. The van der Waals surface area contributed by atoms with Crippen LogP contribution in [0.3, 0.4) is 0 Å². The molecule has 17 heavy (non-hydrogen) atoms. The molecule has 1 aliphatic rings. The standard InChI is InChI=1S/C8H8O2.C6H13N/c9-8(10)6-7-4-2-1-3-5-7;1-7-5-3-2-4-6-7/h1-5H,6H2,(H,9,10);2-6H2,1H3. The van der Waals surface area contributed by atoms with E-state index >= 15 is 0 Å². The Bertz CT molecular complexity index is 318. The summed E-state index contributed by atoms with van der Waals surface area (Å²) >= 11 is 0. The summed E-state index contributed by atoms with van der Waals surface area (Å²) in [5.74, 6) is -0.786. The Kier molecular flexibility index (Phi) is 6.33. The molecule has 1 aromatic rings. The maximum atomic E-state index is 10.2. The summed E-state index contributed by atoms with van der Waals surface area (Å²) in [7, 11) is 2.19. The SMILES string of the molecule is CN1CCCCC1.O=C(O)Cc1ccccc1. The number of benzene rings is 1. The summed E-state index contributed by atoms with van der Waals surface area (Å²) in [5, 5.41) is 8.37. The Morgan fingerprint density at radius 3 is 2.18 bits per heavy atom. The van der Waals surface area contributed by atoms with Gasteiger partial charge in [0.25, 0.3) is 0 Å². The third-order valence-corrected chi connectivity index (χ3v) is 2.78. The van der Waals surface area contributed by atoms with Crippen molar-refractivity contribution in [3.63, 3.8) is 0 Å². The Morgan fingerprint density at radius 2 is 1.76 bits per heavy atom. The molecule has 0 unspecified atom stereocenters. The largest absolute Gasteiger partial charge is 0.481 e. The number of nitrogens with zero attached hydrogens (tertiary/aromatic N) is 1. The molecule has 1 heterocycles. The molecule has 1 fully saturated rings. The van der Waals surface area contributed by atoms with E-state index in [1.54, 1.807) is 12.1 Å². The minimum Gasteiger partial charge on any atom is -0.481 e. The highest BCUT2D eigenvalue weighted by molar-refractivity contribution is 5.70. The van der Waals surface area contributed by atoms with Crippen molar-refractivity contribution in [2.75, 3.05) is 20.1 Å². The average Bonchev–Trinajstić information content (AvgIpc) is 2.31. The molecule has 0 bridgehead atoms. The van der Waals surface area contributed by atoms with Crippen molar-refractivity contribution in [1.29, 1.82) is 0 Å². The Morgan fingerprint density at radius 1 is 1.18 bits per heavy atom. The van der Waals surface area contributed by atoms with Crippen LogP contribution < -0.4 is 0 Å². The normalized spacial score (nSPS) is 15.8. The number of rotatable bonds is 2. The highest BCUT2D eigenvalue weighted by atomic mass is 16.4. The van der Waals surface area contributed by atoms with E-state index in [0.29, 0.717) is 0 Å². The van der Waals surface area contributed by atoms with E-state index in [4.69, 9.17) is 5.11 Å². The lowest BCUT2D eigenvalue weighted by atomic mass is 10.1. The Hall–Kier alpha value is -1.35. The first kappa shape index (κ1) is 13.7. The monoisotopic (exact) mass is 235 g/mol. The second-order valence-electron chi connectivity index (χ2n) is 4.42. The molecule has 0 amide bonds. The third-order valence-electron chi connectivity index (χ3n) is 2.78. The fourth-order valence-corrected chi connectivity index (χ4v) is 1.82. The van der Waals surface area contributed by atoms with Crippen LogP contribution in [-0.2, 0) is 11.2 Å². The van der Waals surface area contributed by atoms with Crippen LogP contribution in [0.25, 0.3) is 0 Å². The molecule has 3 nitrogen and oxygen atoms in total. The number of hydrogen-bond acceptors (Lipinski definition) is 2. The van der Waals surface area contributed by atoms with Crippen LogP contribution in [0.2, 0.25) is 0 Å². The molecule has 1 aliphatic heterocycles. The van der Waals surface area contributed by atoms with Crippen molar-refractivity contribution in [1.82, 2.24) is 4.90 Å². The highest BCUT2D eigenvalue weighted by Crippen LogP contribution is 2.04. The first-order chi connectivity index (χ1) is 8.18. The Labute approximate surface area is 103 Å². The average molecular weight is 235 g/mol. The number of likely N-dealkylation sites (tertiary alicyclic amines) is 1. The van der Waals surface area contributed by atoms with Crippen molar-refractivity contribution in [3.8, 4) is 0 Å². The molecule has 0 atom stereocenters. The molecule has 94 valence electrons. The van der Waals surface area contributed by atoms with E-state index in [-0.39, 0.29) is 6.42 Å². The van der Waals surface area contributed by atoms with Crippen molar-refractivity contribution < 1.29 is 9.90 Å². The zero-order valence-corrected chi connectivity index (χ0v) is 10.4. The fraction of sp³-hybridized carbons (Fsp3) is 0.500. The smallest absolute Gasteiger partial charge is 0.307 e. The topological polar surface area (TPSA) is 40.5 Å². The molecule has 0 saturated carbocycles. The van der Waals surface area contributed by atoms with Gasteiger partial charge in [0.1, 0.15) is 0 Å². The summed E-state index contributed by atoms with van der Waals surface area (Å²) < 4.78 is 0. The molecule has 1 N–H and O–H groups in total. The lowest BCUT2D eigenvalue weighted by Crippen LogP contribution is -2.24. The van der Waals surface area contributed by atoms with Crippen molar-refractivity contribution >= 4 is 5.97 Å². The molecular formula is C14H21NO2. The van der Waals surface area contributed by atoms with Gasteiger partial charge in [-0.2, -0.15) is 0 Å². The van der Waals surface area contributed by atoms with Crippen molar-refractivity contribution in [2.45, 2.75) is 25.7 Å². The quantitative estimate of drug-likeness (QED) is 0.855. The molecule has 2 rings (SSSR count). The zero-order chi connectivity index (χ0) is 12.5. The minimum atomic E-state index is -0.786. The van der Waals surface area contributed by atoms with Crippen LogP contribution in [-0.4, -0.2) is 36.1 Å². The molecule has 0 spiro atoms. The maximum Gasteiger partial charge on any atom is 0.307 e. The van der Waals surface area contributed by atoms with E-state index in [2.05, 4.69) is 11.9 Å². The van der Waals surface area contributed by atoms with E-state index in [1.165, 1.54) is 32.4 Å². The van der Waals surface area contributed by atoms with Crippen LogP contribution in [0.4, 0.5) is 0 Å². The van der Waals surface area contributed by atoms with Gasteiger partial charge in [-0.05, 0) is 38.5 Å². The fourth-order valence-electron chi connectivity index (χ4n) is 1.82. The lowest BCUT2D eigenvalue weighted by Gasteiger charge is -2.20. The van der Waals surface area contributed by atoms with Gasteiger partial charge in [0.05, 0.1) is 6.42 Å². The second-order valence-corrected chi connectivity index (χ2v) is 4.42. The maximum absolute atomic E-state index is 10.2.